The van der Waals surface area contributed by atoms with Gasteiger partial charge in [-0.2, -0.15) is 5.26 Å². The van der Waals surface area contributed by atoms with E-state index in [0.29, 0.717) is 25.9 Å². The van der Waals surface area contributed by atoms with Gasteiger partial charge in [-0.05, 0) is 18.4 Å². The first-order valence-corrected chi connectivity index (χ1v) is 6.74. The van der Waals surface area contributed by atoms with E-state index >= 15 is 0 Å². The molecule has 1 atom stereocenters. The van der Waals surface area contributed by atoms with Gasteiger partial charge in [-0.15, -0.1) is 0 Å². The summed E-state index contributed by atoms with van der Waals surface area (Å²) in [5, 5.41) is 18.1. The van der Waals surface area contributed by atoms with Gasteiger partial charge in [0, 0.05) is 19.0 Å². The summed E-state index contributed by atoms with van der Waals surface area (Å²) in [7, 11) is 0. The molecule has 1 aromatic carbocycles. The van der Waals surface area contributed by atoms with E-state index in [0.717, 1.165) is 5.56 Å². The molecule has 0 aliphatic carbocycles. The largest absolute Gasteiger partial charge is 0.445 e. The zero-order chi connectivity index (χ0) is 14.4. The summed E-state index contributed by atoms with van der Waals surface area (Å²) in [6, 6.07) is 11.4. The van der Waals surface area contributed by atoms with Gasteiger partial charge in [-0.25, -0.2) is 4.79 Å². The molecule has 0 aromatic heterocycles. The molecule has 1 unspecified atom stereocenters. The minimum absolute atomic E-state index is 0.0434. The Morgan fingerprint density at radius 1 is 1.40 bits per heavy atom. The van der Waals surface area contributed by atoms with E-state index in [-0.39, 0.29) is 18.6 Å². The molecule has 1 aromatic rings. The van der Waals surface area contributed by atoms with E-state index < -0.39 is 6.10 Å². The first-order valence-electron chi connectivity index (χ1n) is 6.74. The van der Waals surface area contributed by atoms with Crippen LogP contribution in [0.2, 0.25) is 0 Å². The summed E-state index contributed by atoms with van der Waals surface area (Å²) in [4.78, 5) is 13.5. The van der Waals surface area contributed by atoms with Crippen molar-refractivity contribution in [2.45, 2.75) is 25.6 Å². The van der Waals surface area contributed by atoms with Crippen LogP contribution in [-0.2, 0) is 11.3 Å². The topological polar surface area (TPSA) is 73.6 Å². The van der Waals surface area contributed by atoms with E-state index in [2.05, 4.69) is 0 Å². The molecule has 1 aliphatic heterocycles. The standard InChI is InChI=1S/C15H18N2O3/c16-10-14(18)13-6-8-17(9-7-13)15(19)20-11-12-4-2-1-3-5-12/h1-5,13-14,18H,6-9,11H2. The van der Waals surface area contributed by atoms with Gasteiger partial charge in [0.05, 0.1) is 6.07 Å². The fraction of sp³-hybridized carbons (Fsp3) is 0.467. The van der Waals surface area contributed by atoms with Gasteiger partial charge in [0.15, 0.2) is 0 Å². The molecular weight excluding hydrogens is 256 g/mol. The molecule has 1 fully saturated rings. The molecule has 106 valence electrons. The van der Waals surface area contributed by atoms with Crippen molar-refractivity contribution in [2.24, 2.45) is 5.92 Å². The number of benzene rings is 1. The Kier molecular flexibility index (Phi) is 4.97. The minimum atomic E-state index is -0.933. The maximum atomic E-state index is 11.9. The van der Waals surface area contributed by atoms with E-state index in [1.807, 2.05) is 36.4 Å². The SMILES string of the molecule is N#CC(O)C1CCN(C(=O)OCc2ccccc2)CC1. The van der Waals surface area contributed by atoms with Crippen molar-refractivity contribution in [3.8, 4) is 6.07 Å². The van der Waals surface area contributed by atoms with Crippen LogP contribution >= 0.6 is 0 Å². The lowest BCUT2D eigenvalue weighted by atomic mass is 9.92. The van der Waals surface area contributed by atoms with Crippen LogP contribution in [0.25, 0.3) is 0 Å². The number of piperidine rings is 1. The number of nitriles is 1. The Morgan fingerprint density at radius 3 is 2.65 bits per heavy atom. The van der Waals surface area contributed by atoms with E-state index in [1.54, 1.807) is 4.90 Å². The van der Waals surface area contributed by atoms with E-state index in [9.17, 15) is 9.90 Å². The predicted octanol–water partition coefficient (Wildman–Crippen LogP) is 1.92. The van der Waals surface area contributed by atoms with Gasteiger partial charge in [-0.3, -0.25) is 0 Å². The molecular formula is C15H18N2O3. The summed E-state index contributed by atoms with van der Waals surface area (Å²) < 4.78 is 5.25. The highest BCUT2D eigenvalue weighted by atomic mass is 16.6. The molecule has 1 amide bonds. The maximum Gasteiger partial charge on any atom is 0.410 e. The van der Waals surface area contributed by atoms with Crippen molar-refractivity contribution >= 4 is 6.09 Å². The molecule has 5 heteroatoms. The summed E-state index contributed by atoms with van der Waals surface area (Å²) in [6.45, 7) is 1.31. The number of rotatable bonds is 3. The highest BCUT2D eigenvalue weighted by Crippen LogP contribution is 2.21. The third-order valence-corrected chi connectivity index (χ3v) is 3.58. The lowest BCUT2D eigenvalue weighted by Crippen LogP contribution is -2.41. The zero-order valence-electron chi connectivity index (χ0n) is 11.2. The molecule has 1 saturated heterocycles. The number of hydrogen-bond donors (Lipinski definition) is 1. The van der Waals surface area contributed by atoms with Crippen molar-refractivity contribution in [2.75, 3.05) is 13.1 Å². The maximum absolute atomic E-state index is 11.9. The molecule has 0 radical (unpaired) electrons. The highest BCUT2D eigenvalue weighted by Gasteiger charge is 2.27. The van der Waals surface area contributed by atoms with Gasteiger partial charge in [0.25, 0.3) is 0 Å². The first-order chi connectivity index (χ1) is 9.70. The number of ether oxygens (including phenoxy) is 1. The third kappa shape index (κ3) is 3.72. The molecule has 0 bridgehead atoms. The number of likely N-dealkylation sites (tertiary alicyclic amines) is 1. The van der Waals surface area contributed by atoms with E-state index in [4.69, 9.17) is 10.00 Å². The summed E-state index contributed by atoms with van der Waals surface area (Å²) in [5.74, 6) is -0.0434. The summed E-state index contributed by atoms with van der Waals surface area (Å²) >= 11 is 0. The molecule has 1 heterocycles. The number of nitrogens with zero attached hydrogens (tertiary/aromatic N) is 2. The normalized spacial score (nSPS) is 17.3. The molecule has 2 rings (SSSR count). The Bertz CT molecular complexity index is 476. The Labute approximate surface area is 118 Å². The van der Waals surface area contributed by atoms with Crippen molar-refractivity contribution in [3.63, 3.8) is 0 Å². The highest BCUT2D eigenvalue weighted by molar-refractivity contribution is 5.67. The molecule has 1 aliphatic rings. The van der Waals surface area contributed by atoms with Crippen molar-refractivity contribution in [3.05, 3.63) is 35.9 Å². The predicted molar refractivity (Wildman–Crippen MR) is 72.5 cm³/mol. The van der Waals surface area contributed by atoms with Crippen LogP contribution in [0, 0.1) is 17.2 Å². The van der Waals surface area contributed by atoms with Crippen molar-refractivity contribution < 1.29 is 14.6 Å². The van der Waals surface area contributed by atoms with Crippen LogP contribution in [0.1, 0.15) is 18.4 Å². The Morgan fingerprint density at radius 2 is 2.05 bits per heavy atom. The Hall–Kier alpha value is -2.06. The smallest absolute Gasteiger partial charge is 0.410 e. The van der Waals surface area contributed by atoms with Gasteiger partial charge in [-0.1, -0.05) is 30.3 Å². The van der Waals surface area contributed by atoms with Crippen LogP contribution < -0.4 is 0 Å². The first kappa shape index (κ1) is 14.4. The Balaban J connectivity index is 1.76. The zero-order valence-corrected chi connectivity index (χ0v) is 11.2. The molecule has 0 spiro atoms. The second-order valence-electron chi connectivity index (χ2n) is 4.94. The van der Waals surface area contributed by atoms with Gasteiger partial charge in [0.2, 0.25) is 0 Å². The van der Waals surface area contributed by atoms with Gasteiger partial charge < -0.3 is 14.7 Å². The summed E-state index contributed by atoms with van der Waals surface area (Å²) in [5.41, 5.74) is 0.954. The number of hydrogen-bond acceptors (Lipinski definition) is 4. The lowest BCUT2D eigenvalue weighted by Gasteiger charge is -2.31. The fourth-order valence-corrected chi connectivity index (χ4v) is 2.31. The average molecular weight is 274 g/mol. The number of carbonyl (C=O) groups excluding carboxylic acids is 1. The number of amides is 1. The van der Waals surface area contributed by atoms with Gasteiger partial charge >= 0.3 is 6.09 Å². The average Bonchev–Trinajstić information content (AvgIpc) is 2.53. The molecule has 0 saturated carbocycles. The fourth-order valence-electron chi connectivity index (χ4n) is 2.31. The van der Waals surface area contributed by atoms with Crippen LogP contribution in [0.15, 0.2) is 30.3 Å². The summed E-state index contributed by atoms with van der Waals surface area (Å²) in [6.07, 6.45) is 0.000811. The number of aliphatic hydroxyl groups excluding tert-OH is 1. The lowest BCUT2D eigenvalue weighted by molar-refractivity contribution is 0.0628. The number of carbonyl (C=O) groups is 1. The van der Waals surface area contributed by atoms with Crippen molar-refractivity contribution in [1.29, 1.82) is 5.26 Å². The number of aliphatic hydroxyl groups is 1. The van der Waals surface area contributed by atoms with Crippen LogP contribution in [0.5, 0.6) is 0 Å². The van der Waals surface area contributed by atoms with Crippen LogP contribution in [0.3, 0.4) is 0 Å². The third-order valence-electron chi connectivity index (χ3n) is 3.58. The van der Waals surface area contributed by atoms with E-state index in [1.165, 1.54) is 0 Å². The molecule has 5 nitrogen and oxygen atoms in total. The molecule has 1 N–H and O–H groups in total. The van der Waals surface area contributed by atoms with Gasteiger partial charge in [0.1, 0.15) is 12.7 Å². The second kappa shape index (κ2) is 6.92. The quantitative estimate of drug-likeness (QED) is 0.855. The van der Waals surface area contributed by atoms with Crippen LogP contribution in [0.4, 0.5) is 4.79 Å². The molecule has 20 heavy (non-hydrogen) atoms. The van der Waals surface area contributed by atoms with Crippen LogP contribution in [-0.4, -0.2) is 35.3 Å². The van der Waals surface area contributed by atoms with Crippen molar-refractivity contribution in [1.82, 2.24) is 4.90 Å². The monoisotopic (exact) mass is 274 g/mol. The second-order valence-corrected chi connectivity index (χ2v) is 4.94. The minimum Gasteiger partial charge on any atom is -0.445 e.